The average Bonchev–Trinajstić information content (AvgIpc) is 2.79. The highest BCUT2D eigenvalue weighted by Crippen LogP contribution is 2.32. The number of anilines is 1. The van der Waals surface area contributed by atoms with E-state index in [-0.39, 0.29) is 17.9 Å². The second-order valence-corrected chi connectivity index (χ2v) is 8.89. The lowest BCUT2D eigenvalue weighted by molar-refractivity contribution is -0.137. The molecule has 174 valence electrons. The van der Waals surface area contributed by atoms with E-state index in [2.05, 4.69) is 29.7 Å². The third kappa shape index (κ3) is 5.46. The summed E-state index contributed by atoms with van der Waals surface area (Å²) < 4.78 is 38.9. The van der Waals surface area contributed by atoms with Gasteiger partial charge in [0.05, 0.1) is 17.1 Å². The smallest absolute Gasteiger partial charge is 0.367 e. The topological polar surface area (TPSA) is 54.0 Å². The third-order valence-electron chi connectivity index (χ3n) is 6.45. The Morgan fingerprint density at radius 2 is 1.76 bits per heavy atom. The molecule has 1 fully saturated rings. The van der Waals surface area contributed by atoms with Crippen molar-refractivity contribution in [2.75, 3.05) is 5.32 Å². The first-order valence-electron chi connectivity index (χ1n) is 11.3. The predicted octanol–water partition coefficient (Wildman–Crippen LogP) is 6.41. The molecule has 2 N–H and O–H groups in total. The van der Waals surface area contributed by atoms with Crippen molar-refractivity contribution < 1.29 is 18.0 Å². The SMILES string of the molecule is Cc1cc(NC2CCC(C(=O)N[C@@H](C)c3cccc(C(F)(F)F)c3)CC2)nc2ccccc12. The van der Waals surface area contributed by atoms with Crippen molar-refractivity contribution in [2.45, 2.75) is 57.8 Å². The van der Waals surface area contributed by atoms with Crippen molar-refractivity contribution in [3.8, 4) is 0 Å². The first-order valence-corrected chi connectivity index (χ1v) is 11.3. The number of alkyl halides is 3. The van der Waals surface area contributed by atoms with Gasteiger partial charge >= 0.3 is 6.18 Å². The minimum absolute atomic E-state index is 0.0990. The Morgan fingerprint density at radius 1 is 1.03 bits per heavy atom. The summed E-state index contributed by atoms with van der Waals surface area (Å²) in [5.41, 5.74) is 1.87. The largest absolute Gasteiger partial charge is 0.416 e. The summed E-state index contributed by atoms with van der Waals surface area (Å²) >= 11 is 0. The van der Waals surface area contributed by atoms with Crippen LogP contribution in [0.4, 0.5) is 19.0 Å². The number of carbonyl (C=O) groups is 1. The molecule has 1 heterocycles. The number of para-hydroxylation sites is 1. The van der Waals surface area contributed by atoms with E-state index in [4.69, 9.17) is 4.98 Å². The maximum atomic E-state index is 13.0. The van der Waals surface area contributed by atoms with Crippen LogP contribution in [0.15, 0.2) is 54.6 Å². The van der Waals surface area contributed by atoms with Crippen LogP contribution in [0.25, 0.3) is 10.9 Å². The number of nitrogens with one attached hydrogen (secondary N) is 2. The van der Waals surface area contributed by atoms with Crippen molar-refractivity contribution in [3.05, 3.63) is 71.3 Å². The highest BCUT2D eigenvalue weighted by atomic mass is 19.4. The molecule has 3 aromatic rings. The van der Waals surface area contributed by atoms with Gasteiger partial charge in [0.2, 0.25) is 5.91 Å². The van der Waals surface area contributed by atoms with E-state index in [1.54, 1.807) is 13.0 Å². The first-order chi connectivity index (χ1) is 15.7. The Bertz CT molecular complexity index is 1140. The third-order valence-corrected chi connectivity index (χ3v) is 6.45. The van der Waals surface area contributed by atoms with Gasteiger partial charge in [-0.05, 0) is 74.9 Å². The van der Waals surface area contributed by atoms with Gasteiger partial charge in [-0.2, -0.15) is 13.2 Å². The molecule has 0 aliphatic heterocycles. The molecule has 1 aliphatic carbocycles. The minimum atomic E-state index is -4.40. The number of aryl methyl sites for hydroxylation is 1. The fourth-order valence-corrected chi connectivity index (χ4v) is 4.53. The molecular weight excluding hydrogens is 427 g/mol. The molecule has 1 aliphatic rings. The molecule has 2 aromatic carbocycles. The van der Waals surface area contributed by atoms with E-state index >= 15 is 0 Å². The standard InChI is InChI=1S/C26H28F3N3O/c1-16-14-24(32-23-9-4-3-8-22(16)23)31-21-12-10-18(11-13-21)25(33)30-17(2)19-6-5-7-20(15-19)26(27,28)29/h3-9,14-15,17-18,21H,10-13H2,1-2H3,(H,30,33)(H,31,32)/t17-,18?,21?/m0/s1. The van der Waals surface area contributed by atoms with Crippen LogP contribution in [0.2, 0.25) is 0 Å². The highest BCUT2D eigenvalue weighted by Gasteiger charge is 2.31. The van der Waals surface area contributed by atoms with E-state index in [1.807, 2.05) is 18.2 Å². The molecule has 1 amide bonds. The first kappa shape index (κ1) is 23.1. The number of hydrogen-bond donors (Lipinski definition) is 2. The number of pyridine rings is 1. The zero-order chi connectivity index (χ0) is 23.6. The van der Waals surface area contributed by atoms with Crippen molar-refractivity contribution in [1.82, 2.24) is 10.3 Å². The molecule has 0 radical (unpaired) electrons. The van der Waals surface area contributed by atoms with Crippen molar-refractivity contribution in [3.63, 3.8) is 0 Å². The summed E-state index contributed by atoms with van der Waals surface area (Å²) in [5.74, 6) is 0.609. The van der Waals surface area contributed by atoms with Gasteiger partial charge in [0, 0.05) is 17.3 Å². The van der Waals surface area contributed by atoms with E-state index in [0.29, 0.717) is 5.56 Å². The lowest BCUT2D eigenvalue weighted by Crippen LogP contribution is -2.37. The molecule has 33 heavy (non-hydrogen) atoms. The van der Waals surface area contributed by atoms with Crippen molar-refractivity contribution in [2.24, 2.45) is 5.92 Å². The Hall–Kier alpha value is -3.09. The number of hydrogen-bond acceptors (Lipinski definition) is 3. The van der Waals surface area contributed by atoms with E-state index in [1.165, 1.54) is 11.6 Å². The van der Waals surface area contributed by atoms with Gasteiger partial charge in [0.1, 0.15) is 5.82 Å². The maximum Gasteiger partial charge on any atom is 0.416 e. The number of benzene rings is 2. The van der Waals surface area contributed by atoms with Crippen LogP contribution in [0.5, 0.6) is 0 Å². The van der Waals surface area contributed by atoms with Crippen LogP contribution >= 0.6 is 0 Å². The van der Waals surface area contributed by atoms with Crippen LogP contribution in [-0.2, 0) is 11.0 Å². The molecule has 4 rings (SSSR count). The van der Waals surface area contributed by atoms with E-state index in [9.17, 15) is 18.0 Å². The van der Waals surface area contributed by atoms with E-state index < -0.39 is 17.8 Å². The lowest BCUT2D eigenvalue weighted by Gasteiger charge is -2.30. The van der Waals surface area contributed by atoms with Gasteiger partial charge in [-0.1, -0.05) is 30.3 Å². The summed E-state index contributed by atoms with van der Waals surface area (Å²) in [4.78, 5) is 17.5. The number of amides is 1. The van der Waals surface area contributed by atoms with Crippen LogP contribution in [0, 0.1) is 12.8 Å². The molecule has 0 bridgehead atoms. The number of fused-ring (bicyclic) bond motifs is 1. The number of carbonyl (C=O) groups excluding carboxylic acids is 1. The quantitative estimate of drug-likeness (QED) is 0.467. The van der Waals surface area contributed by atoms with Gasteiger partial charge in [0.15, 0.2) is 0 Å². The van der Waals surface area contributed by atoms with Gasteiger partial charge < -0.3 is 10.6 Å². The Morgan fingerprint density at radius 3 is 2.48 bits per heavy atom. The summed E-state index contributed by atoms with van der Waals surface area (Å²) in [6.45, 7) is 3.79. The fraction of sp³-hybridized carbons (Fsp3) is 0.385. The van der Waals surface area contributed by atoms with Crippen LogP contribution in [-0.4, -0.2) is 16.9 Å². The molecule has 0 spiro atoms. The summed E-state index contributed by atoms with van der Waals surface area (Å²) in [6.07, 6.45) is -1.27. The molecule has 1 saturated carbocycles. The van der Waals surface area contributed by atoms with Gasteiger partial charge in [-0.25, -0.2) is 4.98 Å². The van der Waals surface area contributed by atoms with Crippen LogP contribution in [0.1, 0.15) is 55.3 Å². The molecule has 0 unspecified atom stereocenters. The Balaban J connectivity index is 1.32. The van der Waals surface area contributed by atoms with E-state index in [0.717, 1.165) is 54.5 Å². The number of aromatic nitrogens is 1. The zero-order valence-corrected chi connectivity index (χ0v) is 18.7. The number of nitrogens with zero attached hydrogens (tertiary/aromatic N) is 1. The van der Waals surface area contributed by atoms with Crippen molar-refractivity contribution >= 4 is 22.6 Å². The minimum Gasteiger partial charge on any atom is -0.367 e. The number of rotatable bonds is 5. The molecular formula is C26H28F3N3O. The molecule has 0 saturated heterocycles. The fourth-order valence-electron chi connectivity index (χ4n) is 4.53. The molecule has 1 aromatic heterocycles. The average molecular weight is 456 g/mol. The van der Waals surface area contributed by atoms with Gasteiger partial charge in [0.25, 0.3) is 0 Å². The second-order valence-electron chi connectivity index (χ2n) is 8.89. The normalized spacial score (nSPS) is 19.8. The Labute approximate surface area is 191 Å². The molecule has 7 heteroatoms. The lowest BCUT2D eigenvalue weighted by atomic mass is 9.85. The van der Waals surface area contributed by atoms with Crippen LogP contribution < -0.4 is 10.6 Å². The summed E-state index contributed by atoms with van der Waals surface area (Å²) in [7, 11) is 0. The highest BCUT2D eigenvalue weighted by molar-refractivity contribution is 5.83. The van der Waals surface area contributed by atoms with Crippen molar-refractivity contribution in [1.29, 1.82) is 0 Å². The monoisotopic (exact) mass is 455 g/mol. The molecule has 4 nitrogen and oxygen atoms in total. The maximum absolute atomic E-state index is 13.0. The molecule has 1 atom stereocenters. The van der Waals surface area contributed by atoms with Gasteiger partial charge in [-0.15, -0.1) is 0 Å². The summed E-state index contributed by atoms with van der Waals surface area (Å²) in [5, 5.41) is 7.55. The summed E-state index contributed by atoms with van der Waals surface area (Å²) in [6, 6.07) is 15.0. The zero-order valence-electron chi connectivity index (χ0n) is 18.7. The van der Waals surface area contributed by atoms with Crippen LogP contribution in [0.3, 0.4) is 0 Å². The van der Waals surface area contributed by atoms with Gasteiger partial charge in [-0.3, -0.25) is 4.79 Å². The number of halogens is 3. The Kier molecular flexibility index (Phi) is 6.58. The predicted molar refractivity (Wildman–Crippen MR) is 124 cm³/mol. The second kappa shape index (κ2) is 9.41.